The molecule has 106 valence electrons. The minimum Gasteiger partial charge on any atom is -0.385 e. The van der Waals surface area contributed by atoms with E-state index in [1.54, 1.807) is 18.3 Å². The van der Waals surface area contributed by atoms with Gasteiger partial charge in [0.15, 0.2) is 0 Å². The topological polar surface area (TPSA) is 73.0 Å². The second-order valence-corrected chi connectivity index (χ2v) is 4.63. The Balaban J connectivity index is 2.33. The van der Waals surface area contributed by atoms with Crippen molar-refractivity contribution in [1.82, 2.24) is 9.55 Å². The molecule has 6 heteroatoms. The Hall–Kier alpha value is -2.37. The van der Waals surface area contributed by atoms with E-state index < -0.39 is 0 Å². The third-order valence-electron chi connectivity index (χ3n) is 3.13. The molecule has 0 saturated heterocycles. The van der Waals surface area contributed by atoms with E-state index in [0.29, 0.717) is 6.54 Å². The van der Waals surface area contributed by atoms with E-state index in [4.69, 9.17) is 0 Å². The zero-order chi connectivity index (χ0) is 14.5. The monoisotopic (exact) mass is 274 g/mol. The van der Waals surface area contributed by atoms with Crippen LogP contribution in [-0.4, -0.2) is 21.0 Å². The number of anilines is 1. The van der Waals surface area contributed by atoms with Crippen molar-refractivity contribution in [3.8, 4) is 0 Å². The molecule has 0 radical (unpaired) electrons. The van der Waals surface area contributed by atoms with Crippen molar-refractivity contribution < 1.29 is 4.92 Å². The van der Waals surface area contributed by atoms with Crippen LogP contribution in [0, 0.1) is 17.0 Å². The number of nitro groups is 1. The molecular formula is C14H18N4O2. The Morgan fingerprint density at radius 3 is 2.85 bits per heavy atom. The minimum absolute atomic E-state index is 0.111. The molecule has 0 unspecified atom stereocenters. The van der Waals surface area contributed by atoms with E-state index in [0.717, 1.165) is 30.0 Å². The molecule has 0 spiro atoms. The number of nitro benzene ring substituents is 1. The lowest BCUT2D eigenvalue weighted by atomic mass is 10.1. The highest BCUT2D eigenvalue weighted by Gasteiger charge is 2.11. The highest BCUT2D eigenvalue weighted by Crippen LogP contribution is 2.23. The van der Waals surface area contributed by atoms with Gasteiger partial charge in [-0.2, -0.15) is 0 Å². The average molecular weight is 274 g/mol. The zero-order valence-electron chi connectivity index (χ0n) is 11.7. The van der Waals surface area contributed by atoms with Crippen LogP contribution in [0.15, 0.2) is 30.6 Å². The summed E-state index contributed by atoms with van der Waals surface area (Å²) < 4.78 is 1.97. The predicted molar refractivity (Wildman–Crippen MR) is 77.9 cm³/mol. The summed E-state index contributed by atoms with van der Waals surface area (Å²) in [5, 5.41) is 14.2. The molecule has 0 aliphatic carbocycles. The molecule has 0 bridgehead atoms. The van der Waals surface area contributed by atoms with E-state index in [9.17, 15) is 10.1 Å². The summed E-state index contributed by atoms with van der Waals surface area (Å²) in [7, 11) is 0. The van der Waals surface area contributed by atoms with E-state index in [1.807, 2.05) is 17.7 Å². The summed E-state index contributed by atoms with van der Waals surface area (Å²) in [6.45, 7) is 5.40. The van der Waals surface area contributed by atoms with Gasteiger partial charge in [0.25, 0.3) is 5.69 Å². The maximum atomic E-state index is 10.9. The first kappa shape index (κ1) is 14.0. The van der Waals surface area contributed by atoms with Crippen LogP contribution in [0.2, 0.25) is 0 Å². The number of nitrogens with one attached hydrogen (secondary N) is 1. The largest absolute Gasteiger partial charge is 0.385 e. The second kappa shape index (κ2) is 6.18. The van der Waals surface area contributed by atoms with E-state index in [2.05, 4.69) is 17.2 Å². The Kier molecular flexibility index (Phi) is 4.34. The van der Waals surface area contributed by atoms with Gasteiger partial charge in [-0.15, -0.1) is 0 Å². The molecule has 0 aliphatic rings. The van der Waals surface area contributed by atoms with Gasteiger partial charge in [0.2, 0.25) is 0 Å². The lowest BCUT2D eigenvalue weighted by molar-refractivity contribution is -0.384. The summed E-state index contributed by atoms with van der Waals surface area (Å²) >= 11 is 0. The Morgan fingerprint density at radius 2 is 2.25 bits per heavy atom. The highest BCUT2D eigenvalue weighted by atomic mass is 16.6. The maximum Gasteiger partial charge on any atom is 0.269 e. The minimum atomic E-state index is -0.367. The number of aromatic nitrogens is 2. The molecule has 0 amide bonds. The van der Waals surface area contributed by atoms with Gasteiger partial charge in [-0.05, 0) is 19.4 Å². The van der Waals surface area contributed by atoms with Crippen molar-refractivity contribution in [3.05, 3.63) is 52.1 Å². The summed E-state index contributed by atoms with van der Waals surface area (Å²) in [6.07, 6.45) is 4.60. The summed E-state index contributed by atoms with van der Waals surface area (Å²) in [5.41, 5.74) is 1.94. The van der Waals surface area contributed by atoms with Crippen molar-refractivity contribution in [2.75, 3.05) is 11.9 Å². The van der Waals surface area contributed by atoms with Crippen LogP contribution in [0.3, 0.4) is 0 Å². The van der Waals surface area contributed by atoms with Gasteiger partial charge in [-0.1, -0.05) is 6.92 Å². The third kappa shape index (κ3) is 3.14. The number of hydrogen-bond acceptors (Lipinski definition) is 4. The molecule has 1 heterocycles. The molecule has 0 aliphatic heterocycles. The summed E-state index contributed by atoms with van der Waals surface area (Å²) in [5.74, 6) is 0.887. The van der Waals surface area contributed by atoms with Crippen LogP contribution >= 0.6 is 0 Å². The maximum absolute atomic E-state index is 10.9. The Labute approximate surface area is 117 Å². The lowest BCUT2D eigenvalue weighted by Gasteiger charge is -2.12. The van der Waals surface area contributed by atoms with E-state index >= 15 is 0 Å². The third-order valence-corrected chi connectivity index (χ3v) is 3.13. The molecular weight excluding hydrogens is 256 g/mol. The first-order chi connectivity index (χ1) is 9.61. The van der Waals surface area contributed by atoms with Gasteiger partial charge in [-0.3, -0.25) is 10.1 Å². The Bertz CT molecular complexity index is 607. The molecule has 20 heavy (non-hydrogen) atoms. The molecule has 2 aromatic rings. The first-order valence-corrected chi connectivity index (χ1v) is 6.60. The fourth-order valence-electron chi connectivity index (χ4n) is 2.01. The number of aryl methyl sites for hydroxylation is 1. The Morgan fingerprint density at radius 1 is 1.45 bits per heavy atom. The number of imidazole rings is 1. The van der Waals surface area contributed by atoms with Crippen LogP contribution in [0.25, 0.3) is 0 Å². The normalized spacial score (nSPS) is 10.5. The first-order valence-electron chi connectivity index (χ1n) is 6.60. The fourth-order valence-corrected chi connectivity index (χ4v) is 2.01. The van der Waals surface area contributed by atoms with Crippen LogP contribution < -0.4 is 5.32 Å². The van der Waals surface area contributed by atoms with Crippen molar-refractivity contribution in [1.29, 1.82) is 0 Å². The van der Waals surface area contributed by atoms with Crippen molar-refractivity contribution in [2.45, 2.75) is 26.8 Å². The second-order valence-electron chi connectivity index (χ2n) is 4.63. The molecule has 1 N–H and O–H groups in total. The van der Waals surface area contributed by atoms with Crippen LogP contribution in [-0.2, 0) is 6.54 Å². The lowest BCUT2D eigenvalue weighted by Crippen LogP contribution is -2.07. The van der Waals surface area contributed by atoms with Gasteiger partial charge in [0, 0.05) is 42.3 Å². The molecule has 1 aromatic carbocycles. The number of nitrogens with zero attached hydrogens (tertiary/aromatic N) is 3. The van der Waals surface area contributed by atoms with Crippen LogP contribution in [0.5, 0.6) is 0 Å². The number of rotatable bonds is 6. The van der Waals surface area contributed by atoms with Crippen molar-refractivity contribution in [2.24, 2.45) is 0 Å². The van der Waals surface area contributed by atoms with Gasteiger partial charge in [-0.25, -0.2) is 4.98 Å². The smallest absolute Gasteiger partial charge is 0.269 e. The molecule has 0 fully saturated rings. The standard InChI is InChI=1S/C14H18N4O2/c1-3-6-16-14-5-4-13(18(19)20)9-12(14)10-17-8-7-15-11(17)2/h4-5,7-9,16H,3,6,10H2,1-2H3. The van der Waals surface area contributed by atoms with Gasteiger partial charge < -0.3 is 9.88 Å². The van der Waals surface area contributed by atoms with Crippen molar-refractivity contribution in [3.63, 3.8) is 0 Å². The van der Waals surface area contributed by atoms with Crippen LogP contribution in [0.4, 0.5) is 11.4 Å². The summed E-state index contributed by atoms with van der Waals surface area (Å²) in [4.78, 5) is 14.7. The number of hydrogen-bond donors (Lipinski definition) is 1. The molecule has 0 saturated carbocycles. The molecule has 1 aromatic heterocycles. The van der Waals surface area contributed by atoms with Crippen LogP contribution in [0.1, 0.15) is 24.7 Å². The average Bonchev–Trinajstić information content (AvgIpc) is 2.82. The summed E-state index contributed by atoms with van der Waals surface area (Å²) in [6, 6.07) is 4.93. The number of benzene rings is 1. The highest BCUT2D eigenvalue weighted by molar-refractivity contribution is 5.56. The fraction of sp³-hybridized carbons (Fsp3) is 0.357. The van der Waals surface area contributed by atoms with E-state index in [-0.39, 0.29) is 10.6 Å². The van der Waals surface area contributed by atoms with Crippen molar-refractivity contribution >= 4 is 11.4 Å². The predicted octanol–water partition coefficient (Wildman–Crippen LogP) is 2.97. The zero-order valence-corrected chi connectivity index (χ0v) is 11.7. The quantitative estimate of drug-likeness (QED) is 0.649. The molecule has 0 atom stereocenters. The van der Waals surface area contributed by atoms with E-state index in [1.165, 1.54) is 6.07 Å². The molecule has 2 rings (SSSR count). The van der Waals surface area contributed by atoms with Gasteiger partial charge in [0.05, 0.1) is 11.5 Å². The van der Waals surface area contributed by atoms with Gasteiger partial charge in [0.1, 0.15) is 5.82 Å². The SMILES string of the molecule is CCCNc1ccc([N+](=O)[O-])cc1Cn1ccnc1C. The molecule has 6 nitrogen and oxygen atoms in total. The van der Waals surface area contributed by atoms with Gasteiger partial charge >= 0.3 is 0 Å². The number of non-ortho nitro benzene ring substituents is 1.